The fourth-order valence-corrected chi connectivity index (χ4v) is 2.36. The van der Waals surface area contributed by atoms with Crippen LogP contribution in [0, 0.1) is 12.7 Å². The first-order valence-electron chi connectivity index (χ1n) is 6.43. The average molecular weight is 293 g/mol. The maximum absolute atomic E-state index is 13.2. The van der Waals surface area contributed by atoms with E-state index in [0.29, 0.717) is 11.6 Å². The zero-order valence-corrected chi connectivity index (χ0v) is 12.6. The Morgan fingerprint density at radius 2 is 1.90 bits per heavy atom. The number of rotatable bonds is 4. The molecule has 0 saturated carbocycles. The van der Waals surface area contributed by atoms with E-state index in [1.54, 1.807) is 12.1 Å². The smallest absolute Gasteiger partial charge is 0.123 e. The molecular formula is C16H18ClFN2. The molecule has 0 heterocycles. The molecule has 20 heavy (non-hydrogen) atoms. The third kappa shape index (κ3) is 3.42. The summed E-state index contributed by atoms with van der Waals surface area (Å²) in [6, 6.07) is 10.6. The summed E-state index contributed by atoms with van der Waals surface area (Å²) >= 11 is 6.22. The molecule has 1 N–H and O–H groups in total. The van der Waals surface area contributed by atoms with Crippen molar-refractivity contribution in [1.82, 2.24) is 0 Å². The molecule has 2 nitrogen and oxygen atoms in total. The van der Waals surface area contributed by atoms with E-state index >= 15 is 0 Å². The fraction of sp³-hybridized carbons (Fsp3) is 0.250. The van der Waals surface area contributed by atoms with Gasteiger partial charge in [-0.25, -0.2) is 4.39 Å². The minimum Gasteiger partial charge on any atom is -0.381 e. The van der Waals surface area contributed by atoms with Gasteiger partial charge in [-0.1, -0.05) is 17.7 Å². The highest BCUT2D eigenvalue weighted by Crippen LogP contribution is 2.27. The van der Waals surface area contributed by atoms with Crippen LogP contribution in [-0.4, -0.2) is 14.1 Å². The third-order valence-corrected chi connectivity index (χ3v) is 3.53. The molecule has 0 bridgehead atoms. The molecule has 0 aromatic heterocycles. The van der Waals surface area contributed by atoms with Crippen molar-refractivity contribution in [3.05, 3.63) is 58.4 Å². The van der Waals surface area contributed by atoms with Gasteiger partial charge in [-0.05, 0) is 48.4 Å². The first-order valence-corrected chi connectivity index (χ1v) is 6.81. The summed E-state index contributed by atoms with van der Waals surface area (Å²) in [5.41, 5.74) is 3.90. The standard InChI is InChI=1S/C16H18ClFN2/c1-11-4-5-13(18)8-12(11)10-19-14-6-7-16(20(2)3)15(17)9-14/h4-9,19H,10H2,1-3H3. The van der Waals surface area contributed by atoms with E-state index in [2.05, 4.69) is 5.32 Å². The van der Waals surface area contributed by atoms with Crippen LogP contribution in [0.5, 0.6) is 0 Å². The van der Waals surface area contributed by atoms with E-state index in [4.69, 9.17) is 11.6 Å². The summed E-state index contributed by atoms with van der Waals surface area (Å²) < 4.78 is 13.2. The van der Waals surface area contributed by atoms with Crippen molar-refractivity contribution in [2.24, 2.45) is 0 Å². The number of benzene rings is 2. The molecule has 0 spiro atoms. The molecule has 2 aromatic carbocycles. The van der Waals surface area contributed by atoms with Crippen LogP contribution < -0.4 is 10.2 Å². The molecule has 0 amide bonds. The van der Waals surface area contributed by atoms with Gasteiger partial charge in [0, 0.05) is 26.3 Å². The van der Waals surface area contributed by atoms with Crippen LogP contribution in [0.4, 0.5) is 15.8 Å². The monoisotopic (exact) mass is 292 g/mol. The first-order chi connectivity index (χ1) is 9.47. The van der Waals surface area contributed by atoms with Gasteiger partial charge < -0.3 is 10.2 Å². The predicted molar refractivity (Wildman–Crippen MR) is 84.2 cm³/mol. The van der Waals surface area contributed by atoms with Gasteiger partial charge >= 0.3 is 0 Å². The molecule has 0 unspecified atom stereocenters. The molecule has 0 aliphatic carbocycles. The highest BCUT2D eigenvalue weighted by atomic mass is 35.5. The van der Waals surface area contributed by atoms with Crippen molar-refractivity contribution >= 4 is 23.0 Å². The fourth-order valence-electron chi connectivity index (χ4n) is 2.01. The van der Waals surface area contributed by atoms with Crippen molar-refractivity contribution in [1.29, 1.82) is 0 Å². The van der Waals surface area contributed by atoms with Gasteiger partial charge in [0.05, 0.1) is 10.7 Å². The number of hydrogen-bond acceptors (Lipinski definition) is 2. The van der Waals surface area contributed by atoms with Gasteiger partial charge in [0.2, 0.25) is 0 Å². The normalized spacial score (nSPS) is 10.4. The average Bonchev–Trinajstić information content (AvgIpc) is 2.39. The largest absolute Gasteiger partial charge is 0.381 e. The van der Waals surface area contributed by atoms with Gasteiger partial charge in [0.15, 0.2) is 0 Å². The summed E-state index contributed by atoms with van der Waals surface area (Å²) in [6.45, 7) is 2.54. The van der Waals surface area contributed by atoms with Gasteiger partial charge in [0.25, 0.3) is 0 Å². The maximum atomic E-state index is 13.2. The van der Waals surface area contributed by atoms with Gasteiger partial charge in [-0.3, -0.25) is 0 Å². The summed E-state index contributed by atoms with van der Waals surface area (Å²) in [5, 5.41) is 3.96. The Morgan fingerprint density at radius 1 is 1.15 bits per heavy atom. The number of halogens is 2. The number of nitrogens with zero attached hydrogens (tertiary/aromatic N) is 1. The minimum absolute atomic E-state index is 0.214. The third-order valence-electron chi connectivity index (χ3n) is 3.22. The Bertz CT molecular complexity index is 611. The number of aryl methyl sites for hydroxylation is 1. The van der Waals surface area contributed by atoms with E-state index in [1.807, 2.05) is 44.1 Å². The Kier molecular flexibility index (Phi) is 4.50. The quantitative estimate of drug-likeness (QED) is 0.894. The highest BCUT2D eigenvalue weighted by Gasteiger charge is 2.05. The Balaban J connectivity index is 2.11. The molecule has 2 rings (SSSR count). The number of hydrogen-bond donors (Lipinski definition) is 1. The SMILES string of the molecule is Cc1ccc(F)cc1CNc1ccc(N(C)C)c(Cl)c1. The highest BCUT2D eigenvalue weighted by molar-refractivity contribution is 6.33. The molecule has 0 atom stereocenters. The van der Waals surface area contributed by atoms with Crippen molar-refractivity contribution in [3.63, 3.8) is 0 Å². The Labute approximate surface area is 124 Å². The lowest BCUT2D eigenvalue weighted by Gasteiger charge is -2.16. The van der Waals surface area contributed by atoms with E-state index in [0.717, 1.165) is 22.5 Å². The number of nitrogens with one attached hydrogen (secondary N) is 1. The summed E-state index contributed by atoms with van der Waals surface area (Å²) in [7, 11) is 3.90. The van der Waals surface area contributed by atoms with E-state index < -0.39 is 0 Å². The maximum Gasteiger partial charge on any atom is 0.123 e. The topological polar surface area (TPSA) is 15.3 Å². The Morgan fingerprint density at radius 3 is 2.55 bits per heavy atom. The summed E-state index contributed by atoms with van der Waals surface area (Å²) in [5.74, 6) is -0.214. The van der Waals surface area contributed by atoms with Crippen LogP contribution >= 0.6 is 11.6 Å². The lowest BCUT2D eigenvalue weighted by molar-refractivity contribution is 0.625. The molecule has 0 aliphatic rings. The van der Waals surface area contributed by atoms with Crippen LogP contribution in [0.15, 0.2) is 36.4 Å². The lowest BCUT2D eigenvalue weighted by Crippen LogP contribution is -2.09. The second kappa shape index (κ2) is 6.14. The Hall–Kier alpha value is -1.74. The van der Waals surface area contributed by atoms with E-state index in [1.165, 1.54) is 6.07 Å². The molecular weight excluding hydrogens is 275 g/mol. The van der Waals surface area contributed by atoms with E-state index in [-0.39, 0.29) is 5.82 Å². The van der Waals surface area contributed by atoms with Gasteiger partial charge in [-0.15, -0.1) is 0 Å². The zero-order valence-electron chi connectivity index (χ0n) is 11.9. The van der Waals surface area contributed by atoms with Crippen LogP contribution in [0.2, 0.25) is 5.02 Å². The van der Waals surface area contributed by atoms with Crippen LogP contribution in [0.25, 0.3) is 0 Å². The zero-order chi connectivity index (χ0) is 14.7. The molecule has 4 heteroatoms. The molecule has 0 radical (unpaired) electrons. The lowest BCUT2D eigenvalue weighted by atomic mass is 10.1. The summed E-state index contributed by atoms with van der Waals surface area (Å²) in [6.07, 6.45) is 0. The van der Waals surface area contributed by atoms with Crippen molar-refractivity contribution in [2.45, 2.75) is 13.5 Å². The van der Waals surface area contributed by atoms with Gasteiger partial charge in [-0.2, -0.15) is 0 Å². The predicted octanol–water partition coefficient (Wildman–Crippen LogP) is 4.47. The van der Waals surface area contributed by atoms with Crippen molar-refractivity contribution < 1.29 is 4.39 Å². The first kappa shape index (κ1) is 14.7. The van der Waals surface area contributed by atoms with Crippen molar-refractivity contribution in [3.8, 4) is 0 Å². The second-order valence-electron chi connectivity index (χ2n) is 4.98. The van der Waals surface area contributed by atoms with Crippen LogP contribution in [-0.2, 0) is 6.54 Å². The van der Waals surface area contributed by atoms with E-state index in [9.17, 15) is 4.39 Å². The van der Waals surface area contributed by atoms with Crippen LogP contribution in [0.1, 0.15) is 11.1 Å². The molecule has 2 aromatic rings. The van der Waals surface area contributed by atoms with Gasteiger partial charge in [0.1, 0.15) is 5.82 Å². The second-order valence-corrected chi connectivity index (χ2v) is 5.39. The minimum atomic E-state index is -0.214. The number of anilines is 2. The van der Waals surface area contributed by atoms with Crippen molar-refractivity contribution in [2.75, 3.05) is 24.3 Å². The molecule has 0 fully saturated rings. The molecule has 0 saturated heterocycles. The van der Waals surface area contributed by atoms with Crippen LogP contribution in [0.3, 0.4) is 0 Å². The summed E-state index contributed by atoms with van der Waals surface area (Å²) in [4.78, 5) is 1.96. The molecule has 0 aliphatic heterocycles. The molecule has 106 valence electrons.